The van der Waals surface area contributed by atoms with E-state index >= 15 is 0 Å². The Balaban J connectivity index is 2.10. The van der Waals surface area contributed by atoms with Gasteiger partial charge in [0.15, 0.2) is 0 Å². The fourth-order valence-corrected chi connectivity index (χ4v) is 3.27. The highest BCUT2D eigenvalue weighted by Gasteiger charge is 2.37. The molecule has 126 valence electrons. The third kappa shape index (κ3) is 4.71. The molecule has 0 aromatic rings. The van der Waals surface area contributed by atoms with Crippen LogP contribution in [0.15, 0.2) is 35.5 Å². The molecule has 1 aliphatic heterocycles. The zero-order valence-corrected chi connectivity index (χ0v) is 13.8. The zero-order chi connectivity index (χ0) is 17.0. The summed E-state index contributed by atoms with van der Waals surface area (Å²) in [4.78, 5) is 22.5. The van der Waals surface area contributed by atoms with Crippen LogP contribution in [0.5, 0.6) is 0 Å². The lowest BCUT2D eigenvalue weighted by atomic mass is 9.86. The molecule has 0 spiro atoms. The molecule has 1 aliphatic carbocycles. The van der Waals surface area contributed by atoms with Crippen molar-refractivity contribution >= 4 is 12.1 Å². The third-order valence-electron chi connectivity index (χ3n) is 4.48. The summed E-state index contributed by atoms with van der Waals surface area (Å²) in [5.41, 5.74) is 2.99. The van der Waals surface area contributed by atoms with E-state index in [0.29, 0.717) is 12.0 Å². The van der Waals surface area contributed by atoms with E-state index in [1.807, 2.05) is 13.0 Å². The summed E-state index contributed by atoms with van der Waals surface area (Å²) < 4.78 is 5.42. The predicted molar refractivity (Wildman–Crippen MR) is 88.1 cm³/mol. The van der Waals surface area contributed by atoms with Crippen LogP contribution in [-0.2, 0) is 9.53 Å². The molecule has 5 heteroatoms. The molecular weight excluding hydrogens is 294 g/mol. The Hall–Kier alpha value is -2.04. The maximum Gasteiger partial charge on any atom is 0.404 e. The van der Waals surface area contributed by atoms with E-state index in [4.69, 9.17) is 9.84 Å². The number of esters is 1. The highest BCUT2D eigenvalue weighted by molar-refractivity contribution is 5.91. The number of fused-ring (bicyclic) bond motifs is 1. The van der Waals surface area contributed by atoms with Crippen LogP contribution in [0.3, 0.4) is 0 Å². The molecule has 0 bridgehead atoms. The van der Waals surface area contributed by atoms with Crippen LogP contribution in [-0.4, -0.2) is 29.3 Å². The molecule has 2 rings (SSSR count). The minimum Gasteiger partial charge on any atom is -0.465 e. The van der Waals surface area contributed by atoms with Crippen molar-refractivity contribution in [3.8, 4) is 0 Å². The van der Waals surface area contributed by atoms with E-state index in [-0.39, 0.29) is 24.0 Å². The lowest BCUT2D eigenvalue weighted by Gasteiger charge is -2.20. The minimum absolute atomic E-state index is 0.0155. The topological polar surface area (TPSA) is 75.6 Å². The highest BCUT2D eigenvalue weighted by atomic mass is 16.5. The first-order valence-corrected chi connectivity index (χ1v) is 8.11. The molecule has 1 heterocycles. The van der Waals surface area contributed by atoms with Gasteiger partial charge in [0.05, 0.1) is 0 Å². The average molecular weight is 319 g/mol. The van der Waals surface area contributed by atoms with Gasteiger partial charge in [0, 0.05) is 17.5 Å². The Labute approximate surface area is 137 Å². The Morgan fingerprint density at radius 3 is 2.96 bits per heavy atom. The van der Waals surface area contributed by atoms with E-state index in [0.717, 1.165) is 25.7 Å². The molecule has 3 atom stereocenters. The first kappa shape index (κ1) is 17.3. The van der Waals surface area contributed by atoms with Gasteiger partial charge in [-0.3, -0.25) is 0 Å². The standard InChI is InChI=1S/C18H25NO4/c1-11-5-4-6-14(10-12(2)19-18(21)22)7-8-15-13(3)17(20)23-16(15)9-11/h6,9,12,15-16,19H,3-5,7-8,10H2,1-2H3,(H,21,22)/t12?,15-,16-/m1/s1. The van der Waals surface area contributed by atoms with Crippen LogP contribution < -0.4 is 5.32 Å². The molecule has 1 unspecified atom stereocenters. The van der Waals surface area contributed by atoms with Gasteiger partial charge in [-0.15, -0.1) is 0 Å². The largest absolute Gasteiger partial charge is 0.465 e. The van der Waals surface area contributed by atoms with Gasteiger partial charge in [-0.2, -0.15) is 0 Å². The Bertz CT molecular complexity index is 561. The van der Waals surface area contributed by atoms with E-state index in [2.05, 4.69) is 24.9 Å². The second-order valence-corrected chi connectivity index (χ2v) is 6.51. The van der Waals surface area contributed by atoms with E-state index in [1.54, 1.807) is 0 Å². The van der Waals surface area contributed by atoms with E-state index < -0.39 is 6.09 Å². The van der Waals surface area contributed by atoms with Gasteiger partial charge in [0.25, 0.3) is 0 Å². The summed E-state index contributed by atoms with van der Waals surface area (Å²) in [6.45, 7) is 7.80. The lowest BCUT2D eigenvalue weighted by molar-refractivity contribution is -0.137. The molecule has 0 saturated carbocycles. The van der Waals surface area contributed by atoms with Crippen molar-refractivity contribution in [3.05, 3.63) is 35.5 Å². The fraction of sp³-hybridized carbons (Fsp3) is 0.556. The molecule has 0 aromatic carbocycles. The zero-order valence-electron chi connectivity index (χ0n) is 13.8. The molecule has 23 heavy (non-hydrogen) atoms. The number of allylic oxidation sites excluding steroid dienone is 2. The first-order chi connectivity index (χ1) is 10.9. The number of ether oxygens (including phenoxy) is 1. The van der Waals surface area contributed by atoms with Crippen LogP contribution >= 0.6 is 0 Å². The Morgan fingerprint density at radius 2 is 2.26 bits per heavy atom. The van der Waals surface area contributed by atoms with Crippen molar-refractivity contribution < 1.29 is 19.4 Å². The van der Waals surface area contributed by atoms with Crippen molar-refractivity contribution in [3.63, 3.8) is 0 Å². The lowest BCUT2D eigenvalue weighted by Crippen LogP contribution is -2.31. The van der Waals surface area contributed by atoms with Gasteiger partial charge in [0.1, 0.15) is 6.10 Å². The Kier molecular flexibility index (Phi) is 5.64. The molecule has 2 aliphatic rings. The molecular formula is C18H25NO4. The van der Waals surface area contributed by atoms with Crippen molar-refractivity contribution in [1.82, 2.24) is 5.32 Å². The molecule has 5 nitrogen and oxygen atoms in total. The second kappa shape index (κ2) is 7.49. The van der Waals surface area contributed by atoms with Crippen LogP contribution in [0.2, 0.25) is 0 Å². The van der Waals surface area contributed by atoms with Crippen LogP contribution in [0.25, 0.3) is 0 Å². The maximum absolute atomic E-state index is 11.8. The second-order valence-electron chi connectivity index (χ2n) is 6.51. The monoisotopic (exact) mass is 319 g/mol. The number of hydrogen-bond donors (Lipinski definition) is 2. The highest BCUT2D eigenvalue weighted by Crippen LogP contribution is 2.34. The third-order valence-corrected chi connectivity index (χ3v) is 4.48. The quantitative estimate of drug-likeness (QED) is 0.473. The van der Waals surface area contributed by atoms with Gasteiger partial charge in [0.2, 0.25) is 0 Å². The molecule has 2 N–H and O–H groups in total. The number of nitrogens with one attached hydrogen (secondary N) is 1. The van der Waals surface area contributed by atoms with E-state index in [9.17, 15) is 9.59 Å². The van der Waals surface area contributed by atoms with Crippen LogP contribution in [0.1, 0.15) is 46.0 Å². The number of carbonyl (C=O) groups is 2. The van der Waals surface area contributed by atoms with Crippen LogP contribution in [0, 0.1) is 5.92 Å². The van der Waals surface area contributed by atoms with E-state index in [1.165, 1.54) is 11.1 Å². The molecule has 1 fully saturated rings. The van der Waals surface area contributed by atoms with Crippen molar-refractivity contribution in [2.45, 2.75) is 58.1 Å². The summed E-state index contributed by atoms with van der Waals surface area (Å²) in [7, 11) is 0. The van der Waals surface area contributed by atoms with Gasteiger partial charge >= 0.3 is 12.1 Å². The van der Waals surface area contributed by atoms with Crippen LogP contribution in [0.4, 0.5) is 4.79 Å². The van der Waals surface area contributed by atoms with Gasteiger partial charge in [-0.1, -0.05) is 23.8 Å². The average Bonchev–Trinajstić information content (AvgIpc) is 2.70. The maximum atomic E-state index is 11.8. The SMILES string of the molecule is C=C1C(=O)O[C@@H]2C=C(C)CCC=C(CC(C)NC(=O)O)CC[C@H]12. The summed E-state index contributed by atoms with van der Waals surface area (Å²) in [6.07, 6.45) is 7.20. The predicted octanol–water partition coefficient (Wildman–Crippen LogP) is 3.58. The molecule has 0 aromatic heterocycles. The fourth-order valence-electron chi connectivity index (χ4n) is 3.27. The van der Waals surface area contributed by atoms with Gasteiger partial charge < -0.3 is 15.2 Å². The normalized spacial score (nSPS) is 26.5. The summed E-state index contributed by atoms with van der Waals surface area (Å²) in [5, 5.41) is 11.3. The summed E-state index contributed by atoms with van der Waals surface area (Å²) >= 11 is 0. The molecule has 1 amide bonds. The van der Waals surface area contributed by atoms with Crippen molar-refractivity contribution in [1.29, 1.82) is 0 Å². The Morgan fingerprint density at radius 1 is 1.52 bits per heavy atom. The van der Waals surface area contributed by atoms with Crippen molar-refractivity contribution in [2.75, 3.05) is 0 Å². The molecule has 1 saturated heterocycles. The number of carboxylic acid groups (broad SMARTS) is 1. The summed E-state index contributed by atoms with van der Waals surface area (Å²) in [5.74, 6) is -0.281. The number of hydrogen-bond acceptors (Lipinski definition) is 3. The first-order valence-electron chi connectivity index (χ1n) is 8.11. The van der Waals surface area contributed by atoms with Gasteiger partial charge in [-0.05, 0) is 52.0 Å². The number of amides is 1. The smallest absolute Gasteiger partial charge is 0.404 e. The number of carbonyl (C=O) groups excluding carboxylic acids is 1. The van der Waals surface area contributed by atoms with Gasteiger partial charge in [-0.25, -0.2) is 9.59 Å². The van der Waals surface area contributed by atoms with Crippen molar-refractivity contribution in [2.24, 2.45) is 5.92 Å². The molecule has 0 radical (unpaired) electrons. The summed E-state index contributed by atoms with van der Waals surface area (Å²) in [6, 6.07) is -0.126. The number of rotatable bonds is 3. The minimum atomic E-state index is -1.00.